The number of ether oxygens (including phenoxy) is 3. The molecule has 2 rings (SSSR count). The lowest BCUT2D eigenvalue weighted by molar-refractivity contribution is -0.213. The van der Waals surface area contributed by atoms with Crippen molar-refractivity contribution in [3.8, 4) is 0 Å². The van der Waals surface area contributed by atoms with Crippen molar-refractivity contribution >= 4 is 11.9 Å². The van der Waals surface area contributed by atoms with Gasteiger partial charge in [0, 0.05) is 6.42 Å². The lowest BCUT2D eigenvalue weighted by atomic mass is 9.87. The smallest absolute Gasteiger partial charge is 0.342 e. The summed E-state index contributed by atoms with van der Waals surface area (Å²) in [6.07, 6.45) is -1.98. The third kappa shape index (κ3) is 7.46. The highest BCUT2D eigenvalue weighted by molar-refractivity contribution is 5.90. The predicted octanol–water partition coefficient (Wildman–Crippen LogP) is 4.23. The van der Waals surface area contributed by atoms with Crippen LogP contribution in [-0.2, 0) is 36.8 Å². The maximum atomic E-state index is 13.5. The Kier molecular flexibility index (Phi) is 8.21. The molecule has 0 amide bonds. The Balaban J connectivity index is 2.52. The Labute approximate surface area is 190 Å². The second-order valence-corrected chi connectivity index (χ2v) is 9.76. The number of esters is 2. The Bertz CT molecular complexity index is 880. The summed E-state index contributed by atoms with van der Waals surface area (Å²) >= 11 is 0. The third-order valence-corrected chi connectivity index (χ3v) is 4.46. The summed E-state index contributed by atoms with van der Waals surface area (Å²) < 4.78 is 17.1. The zero-order valence-electron chi connectivity index (χ0n) is 19.8. The van der Waals surface area contributed by atoms with Gasteiger partial charge in [0.2, 0.25) is 5.60 Å². The van der Waals surface area contributed by atoms with Crippen molar-refractivity contribution in [1.82, 2.24) is 0 Å². The Morgan fingerprint density at radius 3 is 1.72 bits per heavy atom. The fourth-order valence-corrected chi connectivity index (χ4v) is 3.07. The zero-order valence-corrected chi connectivity index (χ0v) is 19.8. The number of benzene rings is 2. The van der Waals surface area contributed by atoms with Crippen molar-refractivity contribution in [3.63, 3.8) is 0 Å². The highest BCUT2D eigenvalue weighted by Crippen LogP contribution is 2.30. The first-order valence-electron chi connectivity index (χ1n) is 10.7. The molecule has 0 aliphatic heterocycles. The van der Waals surface area contributed by atoms with E-state index in [9.17, 15) is 14.7 Å². The SMILES string of the molecule is CC(C)(C)OC(=O)C(O)[C@@](Cc1ccccc1)(OCc1ccccc1)C(=O)OC(C)(C)C. The van der Waals surface area contributed by atoms with E-state index in [2.05, 4.69) is 0 Å². The molecule has 2 aromatic rings. The van der Waals surface area contributed by atoms with E-state index in [0.29, 0.717) is 5.56 Å². The molecule has 2 aromatic carbocycles. The van der Waals surface area contributed by atoms with Crippen LogP contribution < -0.4 is 0 Å². The predicted molar refractivity (Wildman–Crippen MR) is 122 cm³/mol. The highest BCUT2D eigenvalue weighted by atomic mass is 16.6. The fourth-order valence-electron chi connectivity index (χ4n) is 3.07. The number of carbonyl (C=O) groups excluding carboxylic acids is 2. The van der Waals surface area contributed by atoms with Crippen LogP contribution in [0.3, 0.4) is 0 Å². The molecule has 0 fully saturated rings. The molecule has 0 aliphatic rings. The van der Waals surface area contributed by atoms with Crippen LogP contribution in [0.1, 0.15) is 52.7 Å². The van der Waals surface area contributed by atoms with Gasteiger partial charge in [-0.15, -0.1) is 0 Å². The molecule has 1 N–H and O–H groups in total. The second kappa shape index (κ2) is 10.3. The van der Waals surface area contributed by atoms with Crippen LogP contribution in [0, 0.1) is 0 Å². The summed E-state index contributed by atoms with van der Waals surface area (Å²) in [6.45, 7) is 10.2. The van der Waals surface area contributed by atoms with Crippen molar-refractivity contribution in [2.24, 2.45) is 0 Å². The minimum absolute atomic E-state index is 0.00717. The van der Waals surface area contributed by atoms with Gasteiger partial charge >= 0.3 is 11.9 Å². The molecule has 0 heterocycles. The molecule has 6 nitrogen and oxygen atoms in total. The standard InChI is InChI=1S/C26H34O6/c1-24(2,3)31-22(28)21(27)26(23(29)32-25(4,5)6,17-19-13-9-7-10-14-19)30-18-20-15-11-8-12-16-20/h7-16,21,27H,17-18H2,1-6H3/t21?,26-/m1/s1. The molecule has 0 radical (unpaired) electrons. The quantitative estimate of drug-likeness (QED) is 0.616. The Morgan fingerprint density at radius 1 is 0.781 bits per heavy atom. The fraction of sp³-hybridized carbons (Fsp3) is 0.462. The number of hydrogen-bond donors (Lipinski definition) is 1. The lowest BCUT2D eigenvalue weighted by Gasteiger charge is -2.37. The zero-order chi connectivity index (χ0) is 24.0. The van der Waals surface area contributed by atoms with E-state index >= 15 is 0 Å². The van der Waals surface area contributed by atoms with Gasteiger partial charge in [-0.05, 0) is 52.7 Å². The van der Waals surface area contributed by atoms with Crippen molar-refractivity contribution in [3.05, 3.63) is 71.8 Å². The van der Waals surface area contributed by atoms with Crippen molar-refractivity contribution in [2.45, 2.75) is 77.5 Å². The van der Waals surface area contributed by atoms with Crippen LogP contribution in [0.4, 0.5) is 0 Å². The maximum Gasteiger partial charge on any atom is 0.342 e. The minimum atomic E-state index is -2.01. The van der Waals surface area contributed by atoms with Crippen LogP contribution in [0.15, 0.2) is 60.7 Å². The molecule has 0 spiro atoms. The minimum Gasteiger partial charge on any atom is -0.458 e. The van der Waals surface area contributed by atoms with Crippen molar-refractivity contribution in [2.75, 3.05) is 0 Å². The molecule has 1 unspecified atom stereocenters. The molecule has 32 heavy (non-hydrogen) atoms. The molecule has 0 aromatic heterocycles. The highest BCUT2D eigenvalue weighted by Gasteiger charge is 2.53. The maximum absolute atomic E-state index is 13.5. The molecule has 0 aliphatic carbocycles. The van der Waals surface area contributed by atoms with Crippen LogP contribution in [-0.4, -0.2) is 40.0 Å². The number of rotatable bonds is 8. The second-order valence-electron chi connectivity index (χ2n) is 9.76. The molecule has 174 valence electrons. The summed E-state index contributed by atoms with van der Waals surface area (Å²) in [6, 6.07) is 18.3. The van der Waals surface area contributed by atoms with E-state index in [4.69, 9.17) is 14.2 Å². The van der Waals surface area contributed by atoms with E-state index in [1.54, 1.807) is 53.7 Å². The summed E-state index contributed by atoms with van der Waals surface area (Å²) in [5.41, 5.74) is -2.24. The molecule has 0 bridgehead atoms. The van der Waals surface area contributed by atoms with E-state index < -0.39 is 34.8 Å². The van der Waals surface area contributed by atoms with Gasteiger partial charge in [-0.1, -0.05) is 60.7 Å². The van der Waals surface area contributed by atoms with Crippen LogP contribution in [0.5, 0.6) is 0 Å². The molecule has 0 saturated carbocycles. The molecular weight excluding hydrogens is 408 g/mol. The number of carbonyl (C=O) groups is 2. The lowest BCUT2D eigenvalue weighted by Crippen LogP contribution is -2.59. The Morgan fingerprint density at radius 2 is 1.25 bits per heavy atom. The van der Waals surface area contributed by atoms with E-state index in [1.807, 2.05) is 48.5 Å². The van der Waals surface area contributed by atoms with Gasteiger partial charge in [0.05, 0.1) is 6.61 Å². The van der Waals surface area contributed by atoms with Crippen molar-refractivity contribution in [1.29, 1.82) is 0 Å². The van der Waals surface area contributed by atoms with Gasteiger partial charge in [-0.3, -0.25) is 0 Å². The van der Waals surface area contributed by atoms with E-state index in [1.165, 1.54) is 0 Å². The molecular formula is C26H34O6. The Hall–Kier alpha value is -2.70. The number of hydrogen-bond acceptors (Lipinski definition) is 6. The summed E-state index contributed by atoms with van der Waals surface area (Å²) in [5, 5.41) is 11.2. The van der Waals surface area contributed by atoms with E-state index in [-0.39, 0.29) is 13.0 Å². The van der Waals surface area contributed by atoms with Crippen LogP contribution >= 0.6 is 0 Å². The number of aliphatic hydroxyl groups is 1. The molecule has 6 heteroatoms. The van der Waals surface area contributed by atoms with Gasteiger partial charge in [-0.25, -0.2) is 9.59 Å². The van der Waals surface area contributed by atoms with E-state index in [0.717, 1.165) is 5.56 Å². The first-order chi connectivity index (χ1) is 14.8. The van der Waals surface area contributed by atoms with Gasteiger partial charge < -0.3 is 19.3 Å². The molecule has 2 atom stereocenters. The van der Waals surface area contributed by atoms with Crippen molar-refractivity contribution < 1.29 is 28.9 Å². The average Bonchev–Trinajstić information content (AvgIpc) is 2.69. The third-order valence-electron chi connectivity index (χ3n) is 4.46. The van der Waals surface area contributed by atoms with Gasteiger partial charge in [0.25, 0.3) is 0 Å². The summed E-state index contributed by atoms with van der Waals surface area (Å²) in [5.74, 6) is -1.78. The number of aliphatic hydroxyl groups excluding tert-OH is 1. The van der Waals surface area contributed by atoms with Gasteiger partial charge in [0.15, 0.2) is 6.10 Å². The molecule has 0 saturated heterocycles. The first kappa shape index (κ1) is 25.6. The largest absolute Gasteiger partial charge is 0.458 e. The topological polar surface area (TPSA) is 82.1 Å². The monoisotopic (exact) mass is 442 g/mol. The summed E-state index contributed by atoms with van der Waals surface area (Å²) in [7, 11) is 0. The van der Waals surface area contributed by atoms with Crippen LogP contribution in [0.25, 0.3) is 0 Å². The van der Waals surface area contributed by atoms with Crippen LogP contribution in [0.2, 0.25) is 0 Å². The normalized spacial score (nSPS) is 14.8. The summed E-state index contributed by atoms with van der Waals surface area (Å²) in [4.78, 5) is 26.4. The van der Waals surface area contributed by atoms with Gasteiger partial charge in [-0.2, -0.15) is 0 Å². The first-order valence-corrected chi connectivity index (χ1v) is 10.7. The van der Waals surface area contributed by atoms with Gasteiger partial charge in [0.1, 0.15) is 11.2 Å². The average molecular weight is 443 g/mol.